The summed E-state index contributed by atoms with van der Waals surface area (Å²) in [6.07, 6.45) is 0.205. The zero-order chi connectivity index (χ0) is 24.9. The lowest BCUT2D eigenvalue weighted by molar-refractivity contribution is -0.139. The highest BCUT2D eigenvalue weighted by atomic mass is 16.5. The van der Waals surface area contributed by atoms with Crippen molar-refractivity contribution < 1.29 is 13.9 Å². The molecule has 0 fully saturated rings. The fraction of sp³-hybridized carbons (Fsp3) is 0.333. The highest BCUT2D eigenvalue weighted by Gasteiger charge is 2.16. The SMILES string of the molecule is CCN(CC)c1ccc2c(-c3ccccc3CC(=O)OC)c3[c-]cc(=[N+](CC)CC)cc-3oc2c1. The Hall–Kier alpha value is -3.60. The van der Waals surface area contributed by atoms with Gasteiger partial charge >= 0.3 is 5.97 Å². The van der Waals surface area contributed by atoms with Crippen molar-refractivity contribution in [3.63, 3.8) is 0 Å². The predicted molar refractivity (Wildman–Crippen MR) is 143 cm³/mol. The zero-order valence-corrected chi connectivity index (χ0v) is 21.4. The molecule has 0 saturated heterocycles. The van der Waals surface area contributed by atoms with E-state index in [-0.39, 0.29) is 12.4 Å². The Morgan fingerprint density at radius 1 is 1.03 bits per heavy atom. The molecule has 2 aromatic carbocycles. The Morgan fingerprint density at radius 2 is 1.77 bits per heavy atom. The number of hydrogen-bond donors (Lipinski definition) is 0. The lowest BCUT2D eigenvalue weighted by atomic mass is 9.90. The number of fused-ring (bicyclic) bond motifs is 2. The van der Waals surface area contributed by atoms with E-state index in [1.165, 1.54) is 7.11 Å². The molecule has 0 radical (unpaired) electrons. The molecule has 0 atom stereocenters. The summed E-state index contributed by atoms with van der Waals surface area (Å²) in [5, 5.41) is 2.08. The van der Waals surface area contributed by atoms with Gasteiger partial charge in [0, 0.05) is 30.6 Å². The summed E-state index contributed by atoms with van der Waals surface area (Å²) in [5.41, 5.74) is 5.78. The Labute approximate surface area is 207 Å². The van der Waals surface area contributed by atoms with Crippen LogP contribution in [0.1, 0.15) is 33.3 Å². The number of rotatable bonds is 8. The topological polar surface area (TPSA) is 45.7 Å². The molecule has 4 rings (SSSR count). The van der Waals surface area contributed by atoms with Crippen molar-refractivity contribution in [3.05, 3.63) is 71.6 Å². The van der Waals surface area contributed by atoms with Gasteiger partial charge in [0.05, 0.1) is 13.5 Å². The highest BCUT2D eigenvalue weighted by molar-refractivity contribution is 6.03. The van der Waals surface area contributed by atoms with Crippen LogP contribution in [0.15, 0.2) is 59.0 Å². The summed E-state index contributed by atoms with van der Waals surface area (Å²) < 4.78 is 13.8. The van der Waals surface area contributed by atoms with Crippen molar-refractivity contribution in [1.82, 2.24) is 4.58 Å². The second-order valence-corrected chi connectivity index (χ2v) is 8.51. The fourth-order valence-corrected chi connectivity index (χ4v) is 4.78. The minimum atomic E-state index is -0.261. The smallest absolute Gasteiger partial charge is 0.309 e. The molecule has 2 aromatic rings. The molecule has 0 amide bonds. The lowest BCUT2D eigenvalue weighted by Gasteiger charge is -2.25. The average Bonchev–Trinajstić information content (AvgIpc) is 2.89. The van der Waals surface area contributed by atoms with Gasteiger partial charge in [-0.15, -0.1) is 6.07 Å². The molecule has 0 aromatic heterocycles. The molecule has 2 aliphatic rings. The lowest BCUT2D eigenvalue weighted by Crippen LogP contribution is -2.29. The number of benzene rings is 3. The first-order valence-electron chi connectivity index (χ1n) is 12.4. The summed E-state index contributed by atoms with van der Waals surface area (Å²) in [5.74, 6) is 0.518. The largest absolute Gasteiger partial charge is 0.502 e. The summed E-state index contributed by atoms with van der Waals surface area (Å²) in [6, 6.07) is 22.1. The van der Waals surface area contributed by atoms with Gasteiger partial charge in [0.25, 0.3) is 0 Å². The predicted octanol–water partition coefficient (Wildman–Crippen LogP) is 5.38. The Morgan fingerprint density at radius 3 is 2.46 bits per heavy atom. The van der Waals surface area contributed by atoms with E-state index in [1.807, 2.05) is 24.3 Å². The fourth-order valence-electron chi connectivity index (χ4n) is 4.78. The third-order valence-electron chi connectivity index (χ3n) is 6.70. The van der Waals surface area contributed by atoms with E-state index >= 15 is 0 Å². The Balaban J connectivity index is 2.08. The van der Waals surface area contributed by atoms with Crippen molar-refractivity contribution >= 4 is 22.6 Å². The van der Waals surface area contributed by atoms with Crippen molar-refractivity contribution in [2.24, 2.45) is 0 Å². The molecule has 0 unspecified atom stereocenters. The van der Waals surface area contributed by atoms with Crippen LogP contribution in [0.25, 0.3) is 33.4 Å². The van der Waals surface area contributed by atoms with E-state index in [2.05, 4.69) is 73.6 Å². The van der Waals surface area contributed by atoms with Crippen LogP contribution in [0.2, 0.25) is 0 Å². The molecule has 182 valence electrons. The van der Waals surface area contributed by atoms with E-state index in [0.717, 1.165) is 76.2 Å². The molecule has 5 heteroatoms. The molecule has 1 aliphatic heterocycles. The molecule has 1 heterocycles. The van der Waals surface area contributed by atoms with Crippen LogP contribution >= 0.6 is 0 Å². The van der Waals surface area contributed by atoms with Crippen LogP contribution in [0.5, 0.6) is 0 Å². The monoisotopic (exact) mass is 470 g/mol. The first-order valence-corrected chi connectivity index (χ1v) is 12.4. The maximum atomic E-state index is 12.2. The van der Waals surface area contributed by atoms with Crippen molar-refractivity contribution in [2.45, 2.75) is 34.1 Å². The Bertz CT molecular complexity index is 1380. The van der Waals surface area contributed by atoms with Crippen molar-refractivity contribution in [2.75, 3.05) is 38.2 Å². The molecule has 0 saturated carbocycles. The number of esters is 1. The summed E-state index contributed by atoms with van der Waals surface area (Å²) in [6.45, 7) is 12.3. The molecule has 1 aliphatic carbocycles. The molecule has 35 heavy (non-hydrogen) atoms. The van der Waals surface area contributed by atoms with E-state index in [1.54, 1.807) is 0 Å². The summed E-state index contributed by atoms with van der Waals surface area (Å²) >= 11 is 0. The zero-order valence-electron chi connectivity index (χ0n) is 21.4. The number of anilines is 1. The maximum absolute atomic E-state index is 12.2. The van der Waals surface area contributed by atoms with Crippen LogP contribution in [0, 0.1) is 6.07 Å². The van der Waals surface area contributed by atoms with Gasteiger partial charge in [-0.2, -0.15) is 0 Å². The minimum absolute atomic E-state index is 0.205. The van der Waals surface area contributed by atoms with Crippen LogP contribution in [-0.2, 0) is 16.0 Å². The molecule has 0 bridgehead atoms. The highest BCUT2D eigenvalue weighted by Crippen LogP contribution is 2.41. The van der Waals surface area contributed by atoms with Crippen molar-refractivity contribution in [3.8, 4) is 22.5 Å². The molecular formula is C30H34N2O3. The van der Waals surface area contributed by atoms with Crippen molar-refractivity contribution in [1.29, 1.82) is 0 Å². The number of carbonyl (C=O) groups is 1. The number of hydrogen-bond acceptors (Lipinski definition) is 4. The number of carbonyl (C=O) groups excluding carboxylic acids is 1. The first-order chi connectivity index (χ1) is 17.0. The van der Waals surface area contributed by atoms with E-state index in [4.69, 9.17) is 9.15 Å². The first kappa shape index (κ1) is 24.5. The average molecular weight is 471 g/mol. The van der Waals surface area contributed by atoms with Crippen LogP contribution < -0.4 is 14.8 Å². The van der Waals surface area contributed by atoms with Crippen LogP contribution in [0.4, 0.5) is 5.69 Å². The van der Waals surface area contributed by atoms with Gasteiger partial charge in [0.1, 0.15) is 24.0 Å². The maximum Gasteiger partial charge on any atom is 0.309 e. The van der Waals surface area contributed by atoms with Gasteiger partial charge < -0.3 is 14.1 Å². The van der Waals surface area contributed by atoms with E-state index in [9.17, 15) is 4.79 Å². The van der Waals surface area contributed by atoms with Gasteiger partial charge in [-0.1, -0.05) is 53.1 Å². The van der Waals surface area contributed by atoms with Crippen LogP contribution in [0.3, 0.4) is 0 Å². The summed E-state index contributed by atoms with van der Waals surface area (Å²) in [4.78, 5) is 14.5. The quantitative estimate of drug-likeness (QED) is 0.150. The molecule has 5 nitrogen and oxygen atoms in total. The standard InChI is InChI=1S/C30H34N2O3/c1-6-31(7-2)22-14-16-25-27(19-22)35-28-20-23(32(8-3)9-4)15-17-26(28)30(25)24-13-11-10-12-21(24)18-29(33)34-5/h10-16,19-20H,6-9,18H2,1-5H3. The van der Waals surface area contributed by atoms with Gasteiger partial charge in [-0.05, 0) is 50.8 Å². The van der Waals surface area contributed by atoms with E-state index < -0.39 is 0 Å². The molecule has 0 spiro atoms. The molecule has 0 N–H and O–H groups in total. The molecular weight excluding hydrogens is 436 g/mol. The number of nitrogens with zero attached hydrogens (tertiary/aromatic N) is 2. The third-order valence-corrected chi connectivity index (χ3v) is 6.70. The number of ether oxygens (including phenoxy) is 1. The normalized spacial score (nSPS) is 11.1. The van der Waals surface area contributed by atoms with Crippen LogP contribution in [-0.4, -0.2) is 39.3 Å². The second kappa shape index (κ2) is 10.8. The van der Waals surface area contributed by atoms with Gasteiger partial charge in [-0.25, -0.2) is 0 Å². The van der Waals surface area contributed by atoms with Gasteiger partial charge in [0.15, 0.2) is 0 Å². The number of methoxy groups -OCH3 is 1. The third kappa shape index (κ3) is 4.81. The van der Waals surface area contributed by atoms with Gasteiger partial charge in [-0.3, -0.25) is 9.37 Å². The Kier molecular flexibility index (Phi) is 7.54. The minimum Gasteiger partial charge on any atom is -0.502 e. The summed E-state index contributed by atoms with van der Waals surface area (Å²) in [7, 11) is 1.43. The second-order valence-electron chi connectivity index (χ2n) is 8.51. The van der Waals surface area contributed by atoms with E-state index in [0.29, 0.717) is 0 Å². The van der Waals surface area contributed by atoms with Gasteiger partial charge in [0.2, 0.25) is 0 Å².